The lowest BCUT2D eigenvalue weighted by Crippen LogP contribution is -2.49. The summed E-state index contributed by atoms with van der Waals surface area (Å²) >= 11 is 1.46. The maximum atomic E-state index is 13.1. The second-order valence-electron chi connectivity index (χ2n) is 8.99. The monoisotopic (exact) mass is 531 g/mol. The Morgan fingerprint density at radius 3 is 2.27 bits per heavy atom. The van der Waals surface area contributed by atoms with E-state index in [4.69, 9.17) is 4.74 Å². The average Bonchev–Trinajstić information content (AvgIpc) is 3.43. The summed E-state index contributed by atoms with van der Waals surface area (Å²) in [6.07, 6.45) is -4.38. The summed E-state index contributed by atoms with van der Waals surface area (Å²) in [5.74, 6) is 0.713. The number of anilines is 3. The molecule has 11 heteroatoms. The van der Waals surface area contributed by atoms with Gasteiger partial charge >= 0.3 is 6.18 Å². The molecule has 0 spiro atoms. The number of halogens is 3. The fourth-order valence-electron chi connectivity index (χ4n) is 4.75. The second-order valence-corrected chi connectivity index (χ2v) is 9.83. The summed E-state index contributed by atoms with van der Waals surface area (Å²) in [7, 11) is 1.68. The van der Waals surface area contributed by atoms with Gasteiger partial charge in [0.2, 0.25) is 0 Å². The lowest BCUT2D eigenvalue weighted by atomic mass is 10.1. The minimum absolute atomic E-state index is 0.140. The smallest absolute Gasteiger partial charge is 0.416 e. The van der Waals surface area contributed by atoms with Gasteiger partial charge in [0.1, 0.15) is 11.4 Å². The molecule has 3 aromatic rings. The van der Waals surface area contributed by atoms with Gasteiger partial charge in [-0.3, -0.25) is 4.79 Å². The lowest BCUT2D eigenvalue weighted by Gasteiger charge is -2.36. The summed E-state index contributed by atoms with van der Waals surface area (Å²) in [6, 6.07) is 13.3. The van der Waals surface area contributed by atoms with Crippen LogP contribution < -0.4 is 19.4 Å². The van der Waals surface area contributed by atoms with E-state index in [-0.39, 0.29) is 5.91 Å². The van der Waals surface area contributed by atoms with Gasteiger partial charge in [0.15, 0.2) is 5.13 Å². The Morgan fingerprint density at radius 2 is 1.57 bits per heavy atom. The Bertz CT molecular complexity index is 1230. The Hall–Kier alpha value is -3.47. The van der Waals surface area contributed by atoms with E-state index in [0.29, 0.717) is 37.6 Å². The summed E-state index contributed by atoms with van der Waals surface area (Å²) in [5, 5.41) is 2.62. The van der Waals surface area contributed by atoms with Crippen LogP contribution in [0.3, 0.4) is 0 Å². The molecular formula is C26H28F3N5O2S. The van der Waals surface area contributed by atoms with Crippen LogP contribution in [0.2, 0.25) is 0 Å². The number of ether oxygens (including phenoxy) is 1. The summed E-state index contributed by atoms with van der Waals surface area (Å²) in [5.41, 5.74) is 1.34. The summed E-state index contributed by atoms with van der Waals surface area (Å²) < 4.78 is 44.7. The summed E-state index contributed by atoms with van der Waals surface area (Å²) in [6.45, 7) is 5.01. The minimum atomic E-state index is -4.38. The minimum Gasteiger partial charge on any atom is -0.495 e. The molecule has 37 heavy (non-hydrogen) atoms. The Morgan fingerprint density at radius 1 is 0.892 bits per heavy atom. The molecule has 3 heterocycles. The van der Waals surface area contributed by atoms with E-state index < -0.39 is 11.7 Å². The largest absolute Gasteiger partial charge is 0.495 e. The predicted molar refractivity (Wildman–Crippen MR) is 139 cm³/mol. The zero-order valence-corrected chi connectivity index (χ0v) is 21.3. The van der Waals surface area contributed by atoms with Crippen LogP contribution in [0.15, 0.2) is 53.9 Å². The molecule has 0 bridgehead atoms. The van der Waals surface area contributed by atoms with Gasteiger partial charge in [-0.2, -0.15) is 13.2 Å². The van der Waals surface area contributed by atoms with E-state index in [1.165, 1.54) is 17.4 Å². The third-order valence-electron chi connectivity index (χ3n) is 6.79. The molecule has 0 aliphatic carbocycles. The average molecular weight is 532 g/mol. The van der Waals surface area contributed by atoms with Gasteiger partial charge in [0.05, 0.1) is 18.4 Å². The van der Waals surface area contributed by atoms with Crippen LogP contribution in [-0.4, -0.2) is 75.3 Å². The van der Waals surface area contributed by atoms with E-state index in [0.717, 1.165) is 54.9 Å². The molecule has 0 unspecified atom stereocenters. The first kappa shape index (κ1) is 25.2. The van der Waals surface area contributed by atoms with E-state index >= 15 is 0 Å². The van der Waals surface area contributed by atoms with E-state index in [1.807, 2.05) is 23.1 Å². The van der Waals surface area contributed by atoms with Gasteiger partial charge in [0.25, 0.3) is 5.91 Å². The van der Waals surface area contributed by atoms with Crippen molar-refractivity contribution in [3.05, 3.63) is 65.2 Å². The second kappa shape index (κ2) is 10.5. The number of alkyl halides is 3. The third-order valence-corrected chi connectivity index (χ3v) is 7.69. The Balaban J connectivity index is 1.16. The van der Waals surface area contributed by atoms with Crippen LogP contribution >= 0.6 is 11.3 Å². The highest BCUT2D eigenvalue weighted by molar-refractivity contribution is 7.13. The molecule has 7 nitrogen and oxygen atoms in total. The fraction of sp³-hybridized carbons (Fsp3) is 0.385. The van der Waals surface area contributed by atoms with Gasteiger partial charge in [-0.05, 0) is 30.3 Å². The van der Waals surface area contributed by atoms with Crippen molar-refractivity contribution in [2.45, 2.75) is 6.18 Å². The van der Waals surface area contributed by atoms with Crippen molar-refractivity contribution in [2.75, 3.05) is 74.2 Å². The maximum Gasteiger partial charge on any atom is 0.416 e. The molecule has 1 aromatic heterocycles. The highest BCUT2D eigenvalue weighted by Gasteiger charge is 2.32. The number of rotatable bonds is 5. The van der Waals surface area contributed by atoms with Crippen molar-refractivity contribution in [1.82, 2.24) is 9.88 Å². The van der Waals surface area contributed by atoms with E-state index in [9.17, 15) is 18.0 Å². The molecule has 0 radical (unpaired) electrons. The predicted octanol–water partition coefficient (Wildman–Crippen LogP) is 4.46. The van der Waals surface area contributed by atoms with Crippen LogP contribution in [0.25, 0.3) is 0 Å². The lowest BCUT2D eigenvalue weighted by molar-refractivity contribution is -0.137. The molecule has 5 rings (SSSR count). The Kier molecular flexibility index (Phi) is 7.14. The first-order valence-corrected chi connectivity index (χ1v) is 13.0. The topological polar surface area (TPSA) is 52.2 Å². The van der Waals surface area contributed by atoms with Crippen LogP contribution in [0.4, 0.5) is 29.7 Å². The number of methoxy groups -OCH3 is 1. The number of para-hydroxylation sites is 2. The van der Waals surface area contributed by atoms with Crippen LogP contribution in [0.5, 0.6) is 5.75 Å². The molecule has 2 saturated heterocycles. The molecule has 0 atom stereocenters. The number of hydrogen-bond acceptors (Lipinski definition) is 7. The fourth-order valence-corrected chi connectivity index (χ4v) is 5.60. The van der Waals surface area contributed by atoms with Gasteiger partial charge in [-0.1, -0.05) is 18.2 Å². The number of hydrogen-bond donors (Lipinski definition) is 0. The molecule has 0 N–H and O–H groups in total. The van der Waals surface area contributed by atoms with Crippen molar-refractivity contribution in [3.8, 4) is 5.75 Å². The first-order chi connectivity index (χ1) is 17.8. The molecule has 1 amide bonds. The molecule has 196 valence electrons. The van der Waals surface area contributed by atoms with Gasteiger partial charge < -0.3 is 24.3 Å². The molecular weight excluding hydrogens is 503 g/mol. The van der Waals surface area contributed by atoms with Crippen LogP contribution in [0.1, 0.15) is 16.1 Å². The zero-order valence-electron chi connectivity index (χ0n) is 20.4. The molecule has 2 fully saturated rings. The highest BCUT2D eigenvalue weighted by atomic mass is 32.1. The normalized spacial score (nSPS) is 16.8. The number of benzene rings is 2. The van der Waals surface area contributed by atoms with Crippen molar-refractivity contribution in [1.29, 1.82) is 0 Å². The first-order valence-electron chi connectivity index (χ1n) is 12.1. The number of nitrogens with zero attached hydrogens (tertiary/aromatic N) is 5. The van der Waals surface area contributed by atoms with Crippen molar-refractivity contribution < 1.29 is 22.7 Å². The standard InChI is InChI=1S/C26H28F3N5O2S/c1-36-23-8-3-2-7-22(23)32-11-15-34(16-12-32)25-30-21(18-37-25)24(35)33-13-9-31(10-14-33)20-6-4-5-19(17-20)26(27,28)29/h2-8,17-18H,9-16H2,1H3. The molecule has 2 aliphatic rings. The number of thiazole rings is 1. The quantitative estimate of drug-likeness (QED) is 0.485. The highest BCUT2D eigenvalue weighted by Crippen LogP contribution is 2.32. The number of carbonyl (C=O) groups excluding carboxylic acids is 1. The number of piperazine rings is 2. The zero-order chi connectivity index (χ0) is 26.0. The number of amides is 1. The Labute approximate surface area is 217 Å². The van der Waals surface area contributed by atoms with E-state index in [1.54, 1.807) is 23.5 Å². The molecule has 0 saturated carbocycles. The SMILES string of the molecule is COc1ccccc1N1CCN(c2nc(C(=O)N3CCN(c4cccc(C(F)(F)F)c4)CC3)cs2)CC1. The van der Waals surface area contributed by atoms with Gasteiger partial charge in [0, 0.05) is 63.4 Å². The van der Waals surface area contributed by atoms with Crippen molar-refractivity contribution in [3.63, 3.8) is 0 Å². The number of carbonyl (C=O) groups is 1. The summed E-state index contributed by atoms with van der Waals surface area (Å²) in [4.78, 5) is 25.8. The van der Waals surface area contributed by atoms with Crippen molar-refractivity contribution in [2.24, 2.45) is 0 Å². The molecule has 2 aliphatic heterocycles. The van der Waals surface area contributed by atoms with Crippen LogP contribution in [-0.2, 0) is 6.18 Å². The van der Waals surface area contributed by atoms with Gasteiger partial charge in [-0.15, -0.1) is 11.3 Å². The van der Waals surface area contributed by atoms with Gasteiger partial charge in [-0.25, -0.2) is 4.98 Å². The molecule has 2 aromatic carbocycles. The maximum absolute atomic E-state index is 13.1. The van der Waals surface area contributed by atoms with Crippen LogP contribution in [0, 0.1) is 0 Å². The third kappa shape index (κ3) is 5.46. The number of aromatic nitrogens is 1. The van der Waals surface area contributed by atoms with E-state index in [2.05, 4.69) is 20.9 Å². The van der Waals surface area contributed by atoms with Crippen molar-refractivity contribution >= 4 is 33.8 Å².